The molecule has 0 heterocycles. The van der Waals surface area contributed by atoms with E-state index >= 15 is 0 Å². The second kappa shape index (κ2) is 5.53. The molecule has 0 saturated heterocycles. The number of benzene rings is 1. The molecule has 15 heavy (non-hydrogen) atoms. The van der Waals surface area contributed by atoms with Crippen molar-refractivity contribution in [3.05, 3.63) is 35.4 Å². The van der Waals surface area contributed by atoms with Crippen LogP contribution in [0.15, 0.2) is 24.3 Å². The van der Waals surface area contributed by atoms with Crippen molar-refractivity contribution < 1.29 is 0 Å². The molecule has 1 nitrogen and oxygen atoms in total. The summed E-state index contributed by atoms with van der Waals surface area (Å²) < 4.78 is 0. The van der Waals surface area contributed by atoms with Gasteiger partial charge in [-0.1, -0.05) is 44.0 Å². The fourth-order valence-electron chi connectivity index (χ4n) is 1.85. The fourth-order valence-corrected chi connectivity index (χ4v) is 1.85. The molecule has 0 aromatic heterocycles. The zero-order chi connectivity index (χ0) is 9.97. The van der Waals surface area contributed by atoms with E-state index in [4.69, 9.17) is 5.73 Å². The van der Waals surface area contributed by atoms with Crippen molar-refractivity contribution in [2.24, 2.45) is 11.7 Å². The van der Waals surface area contributed by atoms with Crippen LogP contribution in [0.2, 0.25) is 0 Å². The molecule has 0 unspecified atom stereocenters. The third kappa shape index (κ3) is 3.51. The van der Waals surface area contributed by atoms with Crippen LogP contribution in [0.3, 0.4) is 0 Å². The Hall–Kier alpha value is -0.530. The third-order valence-electron chi connectivity index (χ3n) is 3.10. The molecule has 2 heteroatoms. The van der Waals surface area contributed by atoms with Crippen molar-refractivity contribution in [1.29, 1.82) is 0 Å². The molecule has 1 fully saturated rings. The second-order valence-electron chi connectivity index (χ2n) is 4.38. The monoisotopic (exact) mass is 225 g/mol. The van der Waals surface area contributed by atoms with Crippen LogP contribution in [0.5, 0.6) is 0 Å². The molecule has 2 N–H and O–H groups in total. The first-order valence-corrected chi connectivity index (χ1v) is 5.64. The minimum absolute atomic E-state index is 0. The van der Waals surface area contributed by atoms with Crippen LogP contribution < -0.4 is 5.73 Å². The molecule has 1 atom stereocenters. The smallest absolute Gasteiger partial charge is 0.0297 e. The Bertz CT molecular complexity index is 290. The number of halogens is 1. The number of hydrogen-bond acceptors (Lipinski definition) is 1. The normalized spacial score (nSPS) is 16.9. The van der Waals surface area contributed by atoms with Gasteiger partial charge in [-0.15, -0.1) is 12.4 Å². The molecule has 0 spiro atoms. The Kier molecular flexibility index (Phi) is 4.62. The molecule has 2 rings (SSSR count). The molecule has 1 aromatic carbocycles. The van der Waals surface area contributed by atoms with Gasteiger partial charge in [0.1, 0.15) is 0 Å². The molecule has 0 aliphatic heterocycles. The van der Waals surface area contributed by atoms with Crippen LogP contribution in [0.1, 0.15) is 43.4 Å². The van der Waals surface area contributed by atoms with Crippen LogP contribution in [-0.2, 0) is 6.42 Å². The minimum Gasteiger partial charge on any atom is -0.324 e. The Labute approximate surface area is 98.5 Å². The Morgan fingerprint density at radius 3 is 2.33 bits per heavy atom. The Morgan fingerprint density at radius 1 is 1.27 bits per heavy atom. The summed E-state index contributed by atoms with van der Waals surface area (Å²) in [6, 6.07) is 9.02. The quantitative estimate of drug-likeness (QED) is 0.835. The van der Waals surface area contributed by atoms with Gasteiger partial charge in [-0.25, -0.2) is 0 Å². The van der Waals surface area contributed by atoms with Crippen LogP contribution in [0.4, 0.5) is 0 Å². The van der Waals surface area contributed by atoms with Crippen molar-refractivity contribution >= 4 is 12.4 Å². The molecule has 1 aromatic rings. The highest BCUT2D eigenvalue weighted by Gasteiger charge is 2.24. The third-order valence-corrected chi connectivity index (χ3v) is 3.10. The number of aryl methyl sites for hydroxylation is 1. The minimum atomic E-state index is 0. The Balaban J connectivity index is 0.00000112. The van der Waals surface area contributed by atoms with Crippen molar-refractivity contribution in [2.45, 2.75) is 38.6 Å². The summed E-state index contributed by atoms with van der Waals surface area (Å²) in [7, 11) is 0. The van der Waals surface area contributed by atoms with Gasteiger partial charge in [-0.2, -0.15) is 0 Å². The van der Waals surface area contributed by atoms with Crippen LogP contribution in [0.25, 0.3) is 0 Å². The van der Waals surface area contributed by atoms with Crippen molar-refractivity contribution in [2.75, 3.05) is 0 Å². The lowest BCUT2D eigenvalue weighted by molar-refractivity contribution is 0.597. The van der Waals surface area contributed by atoms with Crippen molar-refractivity contribution in [3.63, 3.8) is 0 Å². The molecule has 0 amide bonds. The van der Waals surface area contributed by atoms with Crippen LogP contribution in [-0.4, -0.2) is 0 Å². The molecule has 1 saturated carbocycles. The van der Waals surface area contributed by atoms with Gasteiger partial charge in [0.25, 0.3) is 0 Å². The lowest BCUT2D eigenvalue weighted by Gasteiger charge is -2.11. The summed E-state index contributed by atoms with van der Waals surface area (Å²) in [5, 5.41) is 0. The maximum absolute atomic E-state index is 6.13. The van der Waals surface area contributed by atoms with E-state index in [0.29, 0.717) is 0 Å². The molecule has 84 valence electrons. The highest BCUT2D eigenvalue weighted by atomic mass is 35.5. The average Bonchev–Trinajstić information content (AvgIpc) is 3.02. The highest BCUT2D eigenvalue weighted by Crippen LogP contribution is 2.36. The summed E-state index contributed by atoms with van der Waals surface area (Å²) >= 11 is 0. The average molecular weight is 226 g/mol. The zero-order valence-corrected chi connectivity index (χ0v) is 10.1. The van der Waals surface area contributed by atoms with E-state index in [1.54, 1.807) is 0 Å². The highest BCUT2D eigenvalue weighted by molar-refractivity contribution is 5.85. The van der Waals surface area contributed by atoms with E-state index in [0.717, 1.165) is 12.3 Å². The maximum atomic E-state index is 6.13. The van der Waals surface area contributed by atoms with Gasteiger partial charge >= 0.3 is 0 Å². The molecule has 1 aliphatic rings. The van der Waals surface area contributed by atoms with Gasteiger partial charge in [0.2, 0.25) is 0 Å². The van der Waals surface area contributed by atoms with Gasteiger partial charge in [-0.05, 0) is 29.9 Å². The van der Waals surface area contributed by atoms with E-state index in [1.807, 2.05) is 0 Å². The summed E-state index contributed by atoms with van der Waals surface area (Å²) in [5.74, 6) is 0.913. The first kappa shape index (κ1) is 12.5. The molecular weight excluding hydrogens is 206 g/mol. The molecular formula is C13H20ClN. The van der Waals surface area contributed by atoms with Crippen molar-refractivity contribution in [1.82, 2.24) is 0 Å². The van der Waals surface area contributed by atoms with Gasteiger partial charge in [0, 0.05) is 6.04 Å². The van der Waals surface area contributed by atoms with E-state index in [9.17, 15) is 0 Å². The zero-order valence-electron chi connectivity index (χ0n) is 9.28. The van der Waals surface area contributed by atoms with E-state index < -0.39 is 0 Å². The molecule has 0 radical (unpaired) electrons. The lowest BCUT2D eigenvalue weighted by atomic mass is 10.0. The summed E-state index contributed by atoms with van der Waals surface area (Å²) in [6.45, 7) is 2.18. The molecule has 0 bridgehead atoms. The van der Waals surface area contributed by atoms with Gasteiger partial charge in [0.05, 0.1) is 0 Å². The van der Waals surface area contributed by atoms with Gasteiger partial charge in [0.15, 0.2) is 0 Å². The summed E-state index contributed by atoms with van der Waals surface area (Å²) in [6.07, 6.45) is 5.06. The first-order valence-electron chi connectivity index (χ1n) is 5.64. The SMILES string of the molecule is CCc1ccc([C@H](N)CC2CC2)cc1.Cl. The van der Waals surface area contributed by atoms with E-state index in [-0.39, 0.29) is 18.4 Å². The van der Waals surface area contributed by atoms with Crippen molar-refractivity contribution in [3.8, 4) is 0 Å². The van der Waals surface area contributed by atoms with E-state index in [2.05, 4.69) is 31.2 Å². The van der Waals surface area contributed by atoms with Gasteiger partial charge in [-0.3, -0.25) is 0 Å². The standard InChI is InChI=1S/C13H19N.ClH/c1-2-10-5-7-12(8-6-10)13(14)9-11-3-4-11;/h5-8,11,13H,2-4,9,14H2,1H3;1H/t13-;/m1./s1. The largest absolute Gasteiger partial charge is 0.324 e. The summed E-state index contributed by atoms with van der Waals surface area (Å²) in [4.78, 5) is 0. The van der Waals surface area contributed by atoms with E-state index in [1.165, 1.54) is 30.4 Å². The van der Waals surface area contributed by atoms with Crippen LogP contribution >= 0.6 is 12.4 Å². The Morgan fingerprint density at radius 2 is 1.87 bits per heavy atom. The lowest BCUT2D eigenvalue weighted by Crippen LogP contribution is -2.10. The van der Waals surface area contributed by atoms with Crippen LogP contribution in [0, 0.1) is 5.92 Å². The number of hydrogen-bond donors (Lipinski definition) is 1. The summed E-state index contributed by atoms with van der Waals surface area (Å²) in [5.41, 5.74) is 8.82. The topological polar surface area (TPSA) is 26.0 Å². The first-order chi connectivity index (χ1) is 6.79. The predicted molar refractivity (Wildman–Crippen MR) is 67.3 cm³/mol. The number of nitrogens with two attached hydrogens (primary N) is 1. The van der Waals surface area contributed by atoms with Gasteiger partial charge < -0.3 is 5.73 Å². The second-order valence-corrected chi connectivity index (χ2v) is 4.38. The number of rotatable bonds is 4. The predicted octanol–water partition coefficient (Wildman–Crippen LogP) is 3.47. The molecule has 1 aliphatic carbocycles. The maximum Gasteiger partial charge on any atom is 0.0297 e. The fraction of sp³-hybridized carbons (Fsp3) is 0.538.